The number of carbonyl (C=O) groups is 2. The van der Waals surface area contributed by atoms with Gasteiger partial charge >= 0.3 is 0 Å². The number of benzene rings is 3. The van der Waals surface area contributed by atoms with Gasteiger partial charge in [0.05, 0.1) is 23.6 Å². The number of hydrogen-bond donors (Lipinski definition) is 2. The number of aliphatic hydroxyl groups is 1. The summed E-state index contributed by atoms with van der Waals surface area (Å²) in [6.45, 7) is 0.138. The maximum absolute atomic E-state index is 13.2. The third kappa shape index (κ3) is 5.06. The molecule has 0 bridgehead atoms. The van der Waals surface area contributed by atoms with Gasteiger partial charge < -0.3 is 14.7 Å². The number of sulfonamides is 1. The van der Waals surface area contributed by atoms with Gasteiger partial charge in [0.1, 0.15) is 11.5 Å². The van der Waals surface area contributed by atoms with Crippen LogP contribution in [0, 0.1) is 0 Å². The number of Topliss-reactive ketones (excluding diaryl/α,β-unsaturated/α-hetero) is 1. The zero-order chi connectivity index (χ0) is 26.0. The number of ketones is 1. The van der Waals surface area contributed by atoms with Crippen LogP contribution in [0.2, 0.25) is 0 Å². The van der Waals surface area contributed by atoms with E-state index >= 15 is 0 Å². The molecule has 1 atom stereocenters. The maximum Gasteiger partial charge on any atom is 0.295 e. The minimum Gasteiger partial charge on any atom is -0.507 e. The molecule has 0 aliphatic carbocycles. The number of para-hydroxylation sites is 1. The fourth-order valence-corrected chi connectivity index (χ4v) is 4.96. The summed E-state index contributed by atoms with van der Waals surface area (Å²) in [4.78, 5) is 27.8. The van der Waals surface area contributed by atoms with Gasteiger partial charge in [-0.25, -0.2) is 13.6 Å². The van der Waals surface area contributed by atoms with Crippen LogP contribution in [0.4, 0.5) is 0 Å². The Balaban J connectivity index is 1.76. The molecule has 0 aromatic heterocycles. The van der Waals surface area contributed by atoms with Crippen LogP contribution < -0.4 is 9.88 Å². The van der Waals surface area contributed by atoms with E-state index in [1.54, 1.807) is 60.7 Å². The van der Waals surface area contributed by atoms with E-state index in [2.05, 4.69) is 15.9 Å². The van der Waals surface area contributed by atoms with Gasteiger partial charge in [0.25, 0.3) is 11.7 Å². The number of primary sulfonamides is 1. The first-order valence-electron chi connectivity index (χ1n) is 10.9. The Bertz CT molecular complexity index is 1450. The highest BCUT2D eigenvalue weighted by Gasteiger charge is 2.46. The third-order valence-electron chi connectivity index (χ3n) is 5.98. The van der Waals surface area contributed by atoms with Crippen LogP contribution in [0.5, 0.6) is 5.75 Å². The van der Waals surface area contributed by atoms with E-state index < -0.39 is 27.8 Å². The number of carbonyl (C=O) groups excluding carboxylic acids is 2. The number of rotatable bonds is 7. The van der Waals surface area contributed by atoms with Gasteiger partial charge in [-0.05, 0) is 42.3 Å². The lowest BCUT2D eigenvalue weighted by Gasteiger charge is -2.26. The molecule has 1 aliphatic rings. The van der Waals surface area contributed by atoms with E-state index in [1.165, 1.54) is 24.1 Å². The summed E-state index contributed by atoms with van der Waals surface area (Å²) in [5.41, 5.74) is 1.67. The van der Waals surface area contributed by atoms with Crippen LogP contribution >= 0.6 is 15.9 Å². The summed E-state index contributed by atoms with van der Waals surface area (Å²) in [7, 11) is -2.33. The van der Waals surface area contributed by atoms with E-state index in [1.807, 2.05) is 0 Å². The van der Waals surface area contributed by atoms with E-state index in [9.17, 15) is 23.1 Å². The SMILES string of the molecule is COc1ccccc1C1C(=C(O)c2ccc(Br)cc2)C(=O)C(=O)N1CCc1ccc(S(N)(=O)=O)cc1. The molecule has 8 nitrogen and oxygen atoms in total. The summed E-state index contributed by atoms with van der Waals surface area (Å²) in [6, 6.07) is 18.9. The van der Waals surface area contributed by atoms with Gasteiger partial charge in [0, 0.05) is 22.1 Å². The van der Waals surface area contributed by atoms with Crippen LogP contribution in [0.25, 0.3) is 5.76 Å². The molecule has 3 aromatic rings. The molecular weight excluding hydrogens is 548 g/mol. The summed E-state index contributed by atoms with van der Waals surface area (Å²) in [6.07, 6.45) is 0.335. The van der Waals surface area contributed by atoms with E-state index in [0.717, 1.165) is 10.0 Å². The van der Waals surface area contributed by atoms with Gasteiger partial charge in [-0.15, -0.1) is 0 Å². The van der Waals surface area contributed by atoms with Crippen molar-refractivity contribution >= 4 is 43.4 Å². The predicted molar refractivity (Wildman–Crippen MR) is 138 cm³/mol. The summed E-state index contributed by atoms with van der Waals surface area (Å²) >= 11 is 3.35. The zero-order valence-electron chi connectivity index (χ0n) is 19.2. The second-order valence-corrected chi connectivity index (χ2v) is 10.7. The van der Waals surface area contributed by atoms with Crippen LogP contribution in [0.3, 0.4) is 0 Å². The average molecular weight is 571 g/mol. The Morgan fingerprint density at radius 3 is 2.28 bits per heavy atom. The lowest BCUT2D eigenvalue weighted by Crippen LogP contribution is -2.31. The van der Waals surface area contributed by atoms with Crippen molar-refractivity contribution in [3.05, 3.63) is 99.5 Å². The Morgan fingerprint density at radius 2 is 1.67 bits per heavy atom. The molecule has 4 rings (SSSR count). The van der Waals surface area contributed by atoms with Crippen molar-refractivity contribution in [2.24, 2.45) is 5.14 Å². The van der Waals surface area contributed by atoms with E-state index in [4.69, 9.17) is 9.88 Å². The minimum absolute atomic E-state index is 0.0183. The average Bonchev–Trinajstić information content (AvgIpc) is 3.12. The Kier molecular flexibility index (Phi) is 7.30. The number of hydrogen-bond acceptors (Lipinski definition) is 6. The first-order valence-corrected chi connectivity index (χ1v) is 13.2. The number of ether oxygens (including phenoxy) is 1. The molecule has 0 radical (unpaired) electrons. The number of nitrogens with zero attached hydrogens (tertiary/aromatic N) is 1. The van der Waals surface area contributed by atoms with Crippen LogP contribution in [0.15, 0.2) is 87.7 Å². The van der Waals surface area contributed by atoms with Gasteiger partial charge in [0.2, 0.25) is 10.0 Å². The largest absolute Gasteiger partial charge is 0.507 e. The molecule has 0 saturated carbocycles. The van der Waals surface area contributed by atoms with Crippen molar-refractivity contribution in [2.75, 3.05) is 13.7 Å². The summed E-state index contributed by atoms with van der Waals surface area (Å²) in [5.74, 6) is -1.35. The Morgan fingerprint density at radius 1 is 1.03 bits per heavy atom. The molecule has 36 heavy (non-hydrogen) atoms. The van der Waals surface area contributed by atoms with Crippen molar-refractivity contribution in [1.29, 1.82) is 0 Å². The second kappa shape index (κ2) is 10.3. The third-order valence-corrected chi connectivity index (χ3v) is 7.44. The first-order chi connectivity index (χ1) is 17.1. The van der Waals surface area contributed by atoms with Crippen molar-refractivity contribution in [1.82, 2.24) is 4.90 Å². The van der Waals surface area contributed by atoms with Gasteiger partial charge in [0.15, 0.2) is 0 Å². The predicted octanol–water partition coefficient (Wildman–Crippen LogP) is 3.77. The highest BCUT2D eigenvalue weighted by molar-refractivity contribution is 9.10. The fraction of sp³-hybridized carbons (Fsp3) is 0.154. The summed E-state index contributed by atoms with van der Waals surface area (Å²) < 4.78 is 29.4. The number of amides is 1. The minimum atomic E-state index is -3.82. The molecule has 1 fully saturated rings. The topological polar surface area (TPSA) is 127 Å². The van der Waals surface area contributed by atoms with Crippen molar-refractivity contribution in [2.45, 2.75) is 17.4 Å². The van der Waals surface area contributed by atoms with Gasteiger partial charge in [-0.1, -0.05) is 58.4 Å². The molecule has 1 unspecified atom stereocenters. The number of likely N-dealkylation sites (tertiary alicyclic amines) is 1. The molecule has 3 N–H and O–H groups in total. The molecule has 10 heteroatoms. The first kappa shape index (κ1) is 25.6. The monoisotopic (exact) mass is 570 g/mol. The lowest BCUT2D eigenvalue weighted by atomic mass is 9.94. The van der Waals surface area contributed by atoms with Crippen molar-refractivity contribution in [3.8, 4) is 5.75 Å². The normalized spacial score (nSPS) is 17.4. The zero-order valence-corrected chi connectivity index (χ0v) is 21.6. The number of methoxy groups -OCH3 is 1. The number of nitrogens with two attached hydrogens (primary N) is 1. The Labute approximate surface area is 217 Å². The molecular formula is C26H23BrN2O6S. The molecule has 1 aliphatic heterocycles. The smallest absolute Gasteiger partial charge is 0.295 e. The van der Waals surface area contributed by atoms with Crippen LogP contribution in [-0.4, -0.2) is 43.8 Å². The quantitative estimate of drug-likeness (QED) is 0.253. The molecule has 0 spiro atoms. The number of halogens is 1. The van der Waals surface area contributed by atoms with Crippen LogP contribution in [-0.2, 0) is 26.0 Å². The Hall–Kier alpha value is -3.47. The lowest BCUT2D eigenvalue weighted by molar-refractivity contribution is -0.139. The second-order valence-electron chi connectivity index (χ2n) is 8.18. The standard InChI is InChI=1S/C26H23BrN2O6S/c1-35-21-5-3-2-4-20(21)23-22(24(30)17-8-10-18(27)11-9-17)25(31)26(32)29(23)15-14-16-6-12-19(13-7-16)36(28,33)34/h2-13,23,30H,14-15H2,1H3,(H2,28,33,34). The highest BCUT2D eigenvalue weighted by Crippen LogP contribution is 2.42. The molecule has 1 heterocycles. The van der Waals surface area contributed by atoms with E-state index in [0.29, 0.717) is 23.3 Å². The number of aliphatic hydroxyl groups excluding tert-OH is 1. The van der Waals surface area contributed by atoms with Gasteiger partial charge in [-0.2, -0.15) is 0 Å². The molecule has 1 amide bonds. The maximum atomic E-state index is 13.2. The fourth-order valence-electron chi connectivity index (χ4n) is 4.18. The van der Waals surface area contributed by atoms with Crippen LogP contribution in [0.1, 0.15) is 22.7 Å². The molecule has 186 valence electrons. The summed E-state index contributed by atoms with van der Waals surface area (Å²) in [5, 5.41) is 16.3. The highest BCUT2D eigenvalue weighted by atomic mass is 79.9. The molecule has 1 saturated heterocycles. The van der Waals surface area contributed by atoms with Gasteiger partial charge in [-0.3, -0.25) is 9.59 Å². The molecule has 3 aromatic carbocycles. The van der Waals surface area contributed by atoms with E-state index in [-0.39, 0.29) is 22.8 Å². The van der Waals surface area contributed by atoms with Crippen molar-refractivity contribution in [3.63, 3.8) is 0 Å². The van der Waals surface area contributed by atoms with Crippen molar-refractivity contribution < 1.29 is 27.9 Å².